The largest absolute Gasteiger partial charge is 0.491 e. The summed E-state index contributed by atoms with van der Waals surface area (Å²) >= 11 is 12.7. The van der Waals surface area contributed by atoms with Crippen LogP contribution >= 0.6 is 23.2 Å². The molecule has 40 heavy (non-hydrogen) atoms. The van der Waals surface area contributed by atoms with Crippen molar-refractivity contribution in [2.45, 2.75) is 13.1 Å². The molecule has 204 valence electrons. The summed E-state index contributed by atoms with van der Waals surface area (Å²) in [6, 6.07) is 23.4. The predicted octanol–water partition coefficient (Wildman–Crippen LogP) is 6.65. The fourth-order valence-corrected chi connectivity index (χ4v) is 4.55. The highest BCUT2D eigenvalue weighted by Crippen LogP contribution is 2.24. The lowest BCUT2D eigenvalue weighted by Gasteiger charge is -2.22. The average Bonchev–Trinajstić information content (AvgIpc) is 2.97. The minimum Gasteiger partial charge on any atom is -0.491 e. The Hall–Kier alpha value is -3.75. The molecule has 7 nitrogen and oxygen atoms in total. The molecule has 0 radical (unpaired) electrons. The average molecular weight is 576 g/mol. The smallest absolute Gasteiger partial charge is 0.193 e. The monoisotopic (exact) mass is 575 g/mol. The minimum absolute atomic E-state index is 0.0702. The first-order valence-electron chi connectivity index (χ1n) is 12.8. The van der Waals surface area contributed by atoms with Gasteiger partial charge in [-0.05, 0) is 60.7 Å². The second-order valence-corrected chi connectivity index (χ2v) is 9.85. The van der Waals surface area contributed by atoms with Crippen LogP contribution in [0.15, 0.2) is 100 Å². The molecule has 5 rings (SSSR count). The fraction of sp³-hybridized carbons (Fsp3) is 0.194. The van der Waals surface area contributed by atoms with Gasteiger partial charge in [0, 0.05) is 43.7 Å². The molecule has 3 heterocycles. The molecule has 9 heteroatoms. The van der Waals surface area contributed by atoms with Gasteiger partial charge >= 0.3 is 0 Å². The van der Waals surface area contributed by atoms with Crippen molar-refractivity contribution in [1.82, 2.24) is 14.9 Å². The number of para-hydroxylation sites is 1. The summed E-state index contributed by atoms with van der Waals surface area (Å²) in [6.07, 6.45) is 3.45. The number of hydrogen-bond acceptors (Lipinski definition) is 7. The maximum absolute atomic E-state index is 12.4. The van der Waals surface area contributed by atoms with E-state index in [2.05, 4.69) is 14.9 Å². The summed E-state index contributed by atoms with van der Waals surface area (Å²) in [5.74, 6) is 1.22. The van der Waals surface area contributed by atoms with E-state index < -0.39 is 0 Å². The highest BCUT2D eigenvalue weighted by Gasteiger charge is 2.13. The van der Waals surface area contributed by atoms with Gasteiger partial charge in [-0.15, -0.1) is 0 Å². The number of nitrogens with zero attached hydrogens (tertiary/aromatic N) is 3. The lowest BCUT2D eigenvalue weighted by atomic mass is 10.1. The van der Waals surface area contributed by atoms with Crippen LogP contribution < -0.4 is 10.2 Å². The van der Waals surface area contributed by atoms with Gasteiger partial charge in [-0.3, -0.25) is 19.7 Å². The van der Waals surface area contributed by atoms with E-state index in [0.717, 1.165) is 17.0 Å². The molecule has 5 aromatic rings. The van der Waals surface area contributed by atoms with Crippen molar-refractivity contribution in [3.8, 4) is 17.1 Å². The van der Waals surface area contributed by atoms with E-state index in [1.807, 2.05) is 60.7 Å². The summed E-state index contributed by atoms with van der Waals surface area (Å²) in [5.41, 5.74) is 2.86. The van der Waals surface area contributed by atoms with Crippen molar-refractivity contribution in [3.05, 3.63) is 123 Å². The zero-order chi connectivity index (χ0) is 27.7. The third kappa shape index (κ3) is 7.25. The Morgan fingerprint density at radius 1 is 0.775 bits per heavy atom. The number of benzene rings is 2. The molecule has 0 N–H and O–H groups in total. The van der Waals surface area contributed by atoms with Gasteiger partial charge in [-0.2, -0.15) is 0 Å². The summed E-state index contributed by atoms with van der Waals surface area (Å²) < 4.78 is 17.6. The highest BCUT2D eigenvalue weighted by molar-refractivity contribution is 6.31. The molecule has 3 aromatic heterocycles. The van der Waals surface area contributed by atoms with Crippen LogP contribution in [0, 0.1) is 0 Å². The van der Waals surface area contributed by atoms with Crippen LogP contribution in [0.2, 0.25) is 10.0 Å². The van der Waals surface area contributed by atoms with Gasteiger partial charge in [0.2, 0.25) is 0 Å². The first kappa shape index (κ1) is 27.8. The third-order valence-corrected chi connectivity index (χ3v) is 6.93. The standard InChI is InChI=1S/C31H27Cl2N3O4/c32-25-6-3-13-34-27(25)20-36(21-28-26(33)7-4-14-35-28)15-16-38-17-18-39-23-11-9-22(10-12-23)31-19-29(37)24-5-1-2-8-30(24)40-31/h1-14,19H,15-18,20-21H2. The van der Waals surface area contributed by atoms with Crippen molar-refractivity contribution in [3.63, 3.8) is 0 Å². The molecule has 0 fully saturated rings. The Labute approximate surface area is 241 Å². The van der Waals surface area contributed by atoms with Gasteiger partial charge in [0.05, 0.1) is 40.0 Å². The molecule has 0 unspecified atom stereocenters. The number of pyridine rings is 2. The number of hydrogen-bond donors (Lipinski definition) is 0. The van der Waals surface area contributed by atoms with E-state index in [0.29, 0.717) is 72.0 Å². The van der Waals surface area contributed by atoms with E-state index in [-0.39, 0.29) is 5.43 Å². The van der Waals surface area contributed by atoms with E-state index >= 15 is 0 Å². The molecule has 0 saturated carbocycles. The zero-order valence-electron chi connectivity index (χ0n) is 21.6. The lowest BCUT2D eigenvalue weighted by Crippen LogP contribution is -2.28. The van der Waals surface area contributed by atoms with Crippen molar-refractivity contribution in [1.29, 1.82) is 0 Å². The minimum atomic E-state index is -0.0702. The number of ether oxygens (including phenoxy) is 2. The second kappa shape index (κ2) is 13.5. The Kier molecular flexibility index (Phi) is 9.42. The number of halogens is 2. The van der Waals surface area contributed by atoms with Gasteiger partial charge in [-0.25, -0.2) is 0 Å². The molecule has 0 atom stereocenters. The van der Waals surface area contributed by atoms with Gasteiger partial charge in [0.15, 0.2) is 5.43 Å². The molecule has 0 saturated heterocycles. The van der Waals surface area contributed by atoms with E-state index in [1.165, 1.54) is 6.07 Å². The first-order chi connectivity index (χ1) is 19.6. The predicted molar refractivity (Wildman–Crippen MR) is 157 cm³/mol. The summed E-state index contributed by atoms with van der Waals surface area (Å²) in [7, 11) is 0. The Balaban J connectivity index is 1.11. The van der Waals surface area contributed by atoms with Crippen molar-refractivity contribution in [2.75, 3.05) is 26.4 Å². The zero-order valence-corrected chi connectivity index (χ0v) is 23.1. The Bertz CT molecular complexity index is 1580. The van der Waals surface area contributed by atoms with Crippen LogP contribution in [0.1, 0.15) is 11.4 Å². The van der Waals surface area contributed by atoms with E-state index in [1.54, 1.807) is 24.5 Å². The quantitative estimate of drug-likeness (QED) is 0.154. The number of aromatic nitrogens is 2. The molecule has 0 aliphatic rings. The molecule has 0 amide bonds. The Morgan fingerprint density at radius 2 is 1.45 bits per heavy atom. The van der Waals surface area contributed by atoms with Gasteiger partial charge in [-0.1, -0.05) is 35.3 Å². The van der Waals surface area contributed by atoms with Crippen molar-refractivity contribution in [2.24, 2.45) is 0 Å². The maximum Gasteiger partial charge on any atom is 0.193 e. The summed E-state index contributed by atoms with van der Waals surface area (Å²) in [5, 5.41) is 1.79. The van der Waals surface area contributed by atoms with Crippen LogP contribution in [0.4, 0.5) is 0 Å². The second-order valence-electron chi connectivity index (χ2n) is 9.03. The van der Waals surface area contributed by atoms with E-state index in [4.69, 9.17) is 37.1 Å². The van der Waals surface area contributed by atoms with Gasteiger partial charge in [0.1, 0.15) is 23.7 Å². The molecule has 0 aliphatic carbocycles. The lowest BCUT2D eigenvalue weighted by molar-refractivity contribution is 0.0754. The van der Waals surface area contributed by atoms with Crippen LogP contribution in [0.5, 0.6) is 5.75 Å². The fourth-order valence-electron chi connectivity index (χ4n) is 4.18. The molecular weight excluding hydrogens is 549 g/mol. The van der Waals surface area contributed by atoms with Crippen LogP contribution in [0.25, 0.3) is 22.3 Å². The Morgan fingerprint density at radius 3 is 2.12 bits per heavy atom. The molecule has 2 aromatic carbocycles. The van der Waals surface area contributed by atoms with Crippen molar-refractivity contribution >= 4 is 34.2 Å². The highest BCUT2D eigenvalue weighted by atomic mass is 35.5. The van der Waals surface area contributed by atoms with Crippen LogP contribution in [-0.2, 0) is 17.8 Å². The van der Waals surface area contributed by atoms with Crippen LogP contribution in [0.3, 0.4) is 0 Å². The van der Waals surface area contributed by atoms with Gasteiger partial charge in [0.25, 0.3) is 0 Å². The van der Waals surface area contributed by atoms with Gasteiger partial charge < -0.3 is 13.9 Å². The summed E-state index contributed by atoms with van der Waals surface area (Å²) in [4.78, 5) is 23.4. The van der Waals surface area contributed by atoms with E-state index in [9.17, 15) is 4.79 Å². The first-order valence-corrected chi connectivity index (χ1v) is 13.6. The maximum atomic E-state index is 12.4. The van der Waals surface area contributed by atoms with Crippen LogP contribution in [-0.4, -0.2) is 41.2 Å². The molecular formula is C31H27Cl2N3O4. The molecule has 0 bridgehead atoms. The topological polar surface area (TPSA) is 77.7 Å². The SMILES string of the molecule is O=c1cc(-c2ccc(OCCOCCN(Cc3ncccc3Cl)Cc3ncccc3Cl)cc2)oc2ccccc12. The number of rotatable bonds is 12. The van der Waals surface area contributed by atoms with Crippen molar-refractivity contribution < 1.29 is 13.9 Å². The molecule has 0 spiro atoms. The summed E-state index contributed by atoms with van der Waals surface area (Å²) in [6.45, 7) is 3.00. The normalized spacial score (nSPS) is 11.3. The number of fused-ring (bicyclic) bond motifs is 1. The molecule has 0 aliphatic heterocycles. The third-order valence-electron chi connectivity index (χ3n) is 6.24.